The number of esters is 1. The Morgan fingerprint density at radius 3 is 3.07 bits per heavy atom. The van der Waals surface area contributed by atoms with Crippen molar-refractivity contribution < 1.29 is 9.53 Å². The van der Waals surface area contributed by atoms with Crippen molar-refractivity contribution in [2.75, 3.05) is 7.11 Å². The van der Waals surface area contributed by atoms with Crippen molar-refractivity contribution in [1.29, 1.82) is 0 Å². The molecule has 4 heteroatoms. The number of rotatable bonds is 1. The summed E-state index contributed by atoms with van der Waals surface area (Å²) < 4.78 is 6.17. The summed E-state index contributed by atoms with van der Waals surface area (Å²) in [6.45, 7) is 0. The molecular weight excluding hydrogens is 182 g/mol. The lowest BCUT2D eigenvalue weighted by molar-refractivity contribution is -0.144. The lowest BCUT2D eigenvalue weighted by atomic mass is 10.2. The third-order valence-corrected chi connectivity index (χ3v) is 2.53. The molecule has 4 nitrogen and oxygen atoms in total. The minimum Gasteiger partial charge on any atom is -0.467 e. The van der Waals surface area contributed by atoms with Gasteiger partial charge in [-0.15, -0.1) is 0 Å². The SMILES string of the molecule is COC(=O)C1CCc2cccc(=O)n21. The first kappa shape index (κ1) is 8.99. The molecule has 0 aromatic carbocycles. The van der Waals surface area contributed by atoms with Crippen LogP contribution in [0.4, 0.5) is 0 Å². The Hall–Kier alpha value is -1.58. The Morgan fingerprint density at radius 1 is 1.57 bits per heavy atom. The van der Waals surface area contributed by atoms with Gasteiger partial charge >= 0.3 is 5.97 Å². The molecule has 0 fully saturated rings. The van der Waals surface area contributed by atoms with Gasteiger partial charge in [0.1, 0.15) is 6.04 Å². The number of pyridine rings is 1. The lowest BCUT2D eigenvalue weighted by Crippen LogP contribution is -2.27. The van der Waals surface area contributed by atoms with E-state index in [9.17, 15) is 9.59 Å². The predicted octanol–water partition coefficient (Wildman–Crippen LogP) is 0.509. The van der Waals surface area contributed by atoms with Gasteiger partial charge < -0.3 is 4.74 Å². The molecule has 1 aliphatic heterocycles. The van der Waals surface area contributed by atoms with E-state index in [1.54, 1.807) is 6.07 Å². The Kier molecular flexibility index (Phi) is 2.11. The van der Waals surface area contributed by atoms with E-state index in [2.05, 4.69) is 4.74 Å². The molecule has 14 heavy (non-hydrogen) atoms. The Bertz CT molecular complexity index is 422. The van der Waals surface area contributed by atoms with Crippen LogP contribution in [0.25, 0.3) is 0 Å². The molecule has 0 saturated carbocycles. The maximum atomic E-state index is 11.5. The number of methoxy groups -OCH3 is 1. The van der Waals surface area contributed by atoms with E-state index in [1.807, 2.05) is 6.07 Å². The van der Waals surface area contributed by atoms with E-state index in [0.29, 0.717) is 6.42 Å². The van der Waals surface area contributed by atoms with Gasteiger partial charge in [0, 0.05) is 11.8 Å². The third kappa shape index (κ3) is 1.23. The number of nitrogens with zero attached hydrogens (tertiary/aromatic N) is 1. The van der Waals surface area contributed by atoms with Gasteiger partial charge in [0.05, 0.1) is 7.11 Å². The zero-order valence-electron chi connectivity index (χ0n) is 7.90. The summed E-state index contributed by atoms with van der Waals surface area (Å²) in [4.78, 5) is 22.8. The highest BCUT2D eigenvalue weighted by molar-refractivity contribution is 5.74. The van der Waals surface area contributed by atoms with Crippen molar-refractivity contribution in [1.82, 2.24) is 4.57 Å². The average molecular weight is 193 g/mol. The maximum absolute atomic E-state index is 11.5. The second kappa shape index (κ2) is 3.29. The first-order valence-corrected chi connectivity index (χ1v) is 4.52. The largest absolute Gasteiger partial charge is 0.467 e. The van der Waals surface area contributed by atoms with Crippen LogP contribution in [-0.4, -0.2) is 17.6 Å². The van der Waals surface area contributed by atoms with Crippen molar-refractivity contribution >= 4 is 5.97 Å². The molecule has 1 aromatic rings. The molecular formula is C10H11NO3. The van der Waals surface area contributed by atoms with E-state index >= 15 is 0 Å². The van der Waals surface area contributed by atoms with Gasteiger partial charge in [-0.25, -0.2) is 4.79 Å². The van der Waals surface area contributed by atoms with Crippen molar-refractivity contribution in [2.45, 2.75) is 18.9 Å². The summed E-state index contributed by atoms with van der Waals surface area (Å²) in [6.07, 6.45) is 1.42. The highest BCUT2D eigenvalue weighted by atomic mass is 16.5. The first-order valence-electron chi connectivity index (χ1n) is 4.52. The zero-order valence-corrected chi connectivity index (χ0v) is 7.90. The quantitative estimate of drug-likeness (QED) is 0.610. The highest BCUT2D eigenvalue weighted by Gasteiger charge is 2.29. The molecule has 0 amide bonds. The Balaban J connectivity index is 2.48. The van der Waals surface area contributed by atoms with Crippen LogP contribution in [-0.2, 0) is 16.0 Å². The van der Waals surface area contributed by atoms with Gasteiger partial charge in [0.25, 0.3) is 5.56 Å². The van der Waals surface area contributed by atoms with Gasteiger partial charge in [-0.05, 0) is 18.9 Å². The summed E-state index contributed by atoms with van der Waals surface area (Å²) in [5.74, 6) is -0.336. The molecule has 2 heterocycles. The number of aromatic nitrogens is 1. The fourth-order valence-corrected chi connectivity index (χ4v) is 1.87. The number of ether oxygens (including phenoxy) is 1. The second-order valence-corrected chi connectivity index (χ2v) is 3.30. The van der Waals surface area contributed by atoms with Crippen molar-refractivity contribution in [3.8, 4) is 0 Å². The average Bonchev–Trinajstić information content (AvgIpc) is 2.62. The molecule has 0 aliphatic carbocycles. The van der Waals surface area contributed by atoms with Crippen molar-refractivity contribution in [2.24, 2.45) is 0 Å². The van der Waals surface area contributed by atoms with Crippen LogP contribution >= 0.6 is 0 Å². The molecule has 2 rings (SSSR count). The Morgan fingerprint density at radius 2 is 2.36 bits per heavy atom. The van der Waals surface area contributed by atoms with Crippen LogP contribution in [0.2, 0.25) is 0 Å². The van der Waals surface area contributed by atoms with Gasteiger partial charge in [-0.1, -0.05) is 6.07 Å². The van der Waals surface area contributed by atoms with Crippen LogP contribution in [0, 0.1) is 0 Å². The fraction of sp³-hybridized carbons (Fsp3) is 0.400. The number of carbonyl (C=O) groups excluding carboxylic acids is 1. The van der Waals surface area contributed by atoms with Crippen molar-refractivity contribution in [3.05, 3.63) is 34.2 Å². The smallest absolute Gasteiger partial charge is 0.328 e. The van der Waals surface area contributed by atoms with Gasteiger partial charge in [0.2, 0.25) is 0 Å². The molecule has 74 valence electrons. The lowest BCUT2D eigenvalue weighted by Gasteiger charge is -2.10. The number of carbonyl (C=O) groups is 1. The van der Waals surface area contributed by atoms with Crippen LogP contribution in [0.3, 0.4) is 0 Å². The van der Waals surface area contributed by atoms with Crippen LogP contribution in [0.5, 0.6) is 0 Å². The summed E-state index contributed by atoms with van der Waals surface area (Å²) in [5, 5.41) is 0. The van der Waals surface area contributed by atoms with Crippen molar-refractivity contribution in [3.63, 3.8) is 0 Å². The minimum absolute atomic E-state index is 0.129. The Labute approximate surface area is 81.1 Å². The van der Waals surface area contributed by atoms with E-state index in [4.69, 9.17) is 0 Å². The molecule has 0 bridgehead atoms. The predicted molar refractivity (Wildman–Crippen MR) is 50.1 cm³/mol. The molecule has 0 saturated heterocycles. The van der Waals surface area contributed by atoms with E-state index in [0.717, 1.165) is 12.1 Å². The number of hydrogen-bond donors (Lipinski definition) is 0. The summed E-state index contributed by atoms with van der Waals surface area (Å²) in [6, 6.07) is 4.62. The summed E-state index contributed by atoms with van der Waals surface area (Å²) in [5.41, 5.74) is 0.781. The van der Waals surface area contributed by atoms with E-state index < -0.39 is 6.04 Å². The van der Waals surface area contributed by atoms with Crippen LogP contribution in [0.15, 0.2) is 23.0 Å². The van der Waals surface area contributed by atoms with E-state index in [-0.39, 0.29) is 11.5 Å². The second-order valence-electron chi connectivity index (χ2n) is 3.30. The monoisotopic (exact) mass is 193 g/mol. The first-order chi connectivity index (χ1) is 6.74. The van der Waals surface area contributed by atoms with Crippen LogP contribution in [0.1, 0.15) is 18.2 Å². The van der Waals surface area contributed by atoms with Gasteiger partial charge in [-0.2, -0.15) is 0 Å². The highest BCUT2D eigenvalue weighted by Crippen LogP contribution is 2.23. The molecule has 0 spiro atoms. The number of hydrogen-bond acceptors (Lipinski definition) is 3. The van der Waals surface area contributed by atoms with Gasteiger partial charge in [-0.3, -0.25) is 9.36 Å². The normalized spacial score (nSPS) is 19.1. The van der Waals surface area contributed by atoms with Gasteiger partial charge in [0.15, 0.2) is 0 Å². The molecule has 0 N–H and O–H groups in total. The molecule has 1 unspecified atom stereocenters. The number of fused-ring (bicyclic) bond motifs is 1. The zero-order chi connectivity index (χ0) is 10.1. The maximum Gasteiger partial charge on any atom is 0.328 e. The molecule has 1 aliphatic rings. The summed E-state index contributed by atoms with van der Waals surface area (Å²) >= 11 is 0. The number of aryl methyl sites for hydroxylation is 1. The molecule has 1 atom stereocenters. The van der Waals surface area contributed by atoms with E-state index in [1.165, 1.54) is 17.7 Å². The molecule has 0 radical (unpaired) electrons. The van der Waals surface area contributed by atoms with Crippen LogP contribution < -0.4 is 5.56 Å². The molecule has 1 aromatic heterocycles. The fourth-order valence-electron chi connectivity index (χ4n) is 1.87. The standard InChI is InChI=1S/C10H11NO3/c1-14-10(13)8-6-5-7-3-2-4-9(12)11(7)8/h2-4,8H,5-6H2,1H3. The summed E-state index contributed by atoms with van der Waals surface area (Å²) in [7, 11) is 1.34. The minimum atomic E-state index is -0.427. The topological polar surface area (TPSA) is 48.3 Å². The third-order valence-electron chi connectivity index (χ3n) is 2.53.